The molecule has 1 aliphatic rings. The Kier molecular flexibility index (Phi) is 4.74. The van der Waals surface area contributed by atoms with Gasteiger partial charge in [-0.2, -0.15) is 4.37 Å². The number of anilines is 1. The summed E-state index contributed by atoms with van der Waals surface area (Å²) in [7, 11) is 0. The summed E-state index contributed by atoms with van der Waals surface area (Å²) < 4.78 is 9.72. The van der Waals surface area contributed by atoms with Crippen molar-refractivity contribution in [3.8, 4) is 0 Å². The van der Waals surface area contributed by atoms with Crippen LogP contribution in [0.15, 0.2) is 0 Å². The van der Waals surface area contributed by atoms with Gasteiger partial charge in [0.1, 0.15) is 5.82 Å². The van der Waals surface area contributed by atoms with E-state index in [4.69, 9.17) is 4.74 Å². The second kappa shape index (κ2) is 6.31. The highest BCUT2D eigenvalue weighted by atomic mass is 32.1. The maximum atomic E-state index is 5.41. The zero-order valence-corrected chi connectivity index (χ0v) is 11.4. The molecule has 0 aromatic carbocycles. The van der Waals surface area contributed by atoms with Gasteiger partial charge >= 0.3 is 0 Å². The van der Waals surface area contributed by atoms with Gasteiger partial charge in [0.15, 0.2) is 0 Å². The van der Waals surface area contributed by atoms with E-state index in [1.165, 1.54) is 11.5 Å². The summed E-state index contributed by atoms with van der Waals surface area (Å²) in [6.45, 7) is 6.12. The Balaban J connectivity index is 1.93. The van der Waals surface area contributed by atoms with Gasteiger partial charge in [-0.15, -0.1) is 0 Å². The van der Waals surface area contributed by atoms with E-state index in [0.29, 0.717) is 12.0 Å². The minimum absolute atomic E-state index is 0.511. The van der Waals surface area contributed by atoms with Crippen LogP contribution in [0.1, 0.15) is 38.9 Å². The summed E-state index contributed by atoms with van der Waals surface area (Å²) in [6, 6.07) is 0.511. The molecule has 0 spiro atoms. The van der Waals surface area contributed by atoms with Crippen LogP contribution in [0.2, 0.25) is 0 Å². The predicted molar refractivity (Wildman–Crippen MR) is 70.5 cm³/mol. The first kappa shape index (κ1) is 12.8. The number of rotatable bonds is 5. The summed E-state index contributed by atoms with van der Waals surface area (Å²) in [5, 5.41) is 4.51. The molecule has 1 saturated heterocycles. The number of ether oxygens (including phenoxy) is 1. The highest BCUT2D eigenvalue weighted by Gasteiger charge is 2.23. The molecule has 1 aliphatic heterocycles. The second-order valence-corrected chi connectivity index (χ2v) is 5.23. The Morgan fingerprint density at radius 1 is 1.41 bits per heavy atom. The maximum absolute atomic E-state index is 5.41. The Bertz CT molecular complexity index is 336. The third-order valence-electron chi connectivity index (χ3n) is 3.37. The van der Waals surface area contributed by atoms with Crippen molar-refractivity contribution < 1.29 is 4.74 Å². The van der Waals surface area contributed by atoms with Gasteiger partial charge in [-0.25, -0.2) is 4.98 Å². The van der Waals surface area contributed by atoms with Gasteiger partial charge in [0, 0.05) is 37.2 Å². The number of aryl methyl sites for hydroxylation is 1. The topological polar surface area (TPSA) is 47.0 Å². The number of nitrogens with zero attached hydrogens (tertiary/aromatic N) is 2. The quantitative estimate of drug-likeness (QED) is 0.879. The van der Waals surface area contributed by atoms with Crippen molar-refractivity contribution in [1.82, 2.24) is 9.36 Å². The van der Waals surface area contributed by atoms with Crippen LogP contribution in [0, 0.1) is 5.92 Å². The third kappa shape index (κ3) is 3.39. The van der Waals surface area contributed by atoms with Gasteiger partial charge in [-0.1, -0.05) is 13.8 Å². The van der Waals surface area contributed by atoms with Crippen molar-refractivity contribution >= 4 is 16.7 Å². The maximum Gasteiger partial charge on any atom is 0.202 e. The summed E-state index contributed by atoms with van der Waals surface area (Å²) in [5.41, 5.74) is 0. The average molecular weight is 255 g/mol. The van der Waals surface area contributed by atoms with Crippen LogP contribution in [0.5, 0.6) is 0 Å². The van der Waals surface area contributed by atoms with E-state index in [-0.39, 0.29) is 0 Å². The minimum atomic E-state index is 0.511. The molecule has 5 heteroatoms. The fourth-order valence-electron chi connectivity index (χ4n) is 2.29. The molecule has 2 heterocycles. The van der Waals surface area contributed by atoms with Crippen LogP contribution in [0.25, 0.3) is 0 Å². The van der Waals surface area contributed by atoms with E-state index >= 15 is 0 Å². The number of hydrogen-bond acceptors (Lipinski definition) is 5. The monoisotopic (exact) mass is 255 g/mol. The van der Waals surface area contributed by atoms with Crippen molar-refractivity contribution in [3.05, 3.63) is 5.82 Å². The molecule has 0 radical (unpaired) electrons. The lowest BCUT2D eigenvalue weighted by molar-refractivity contribution is 0.0602. The molecule has 17 heavy (non-hydrogen) atoms. The molecule has 4 nitrogen and oxygen atoms in total. The molecular formula is C12H21N3OS. The van der Waals surface area contributed by atoms with E-state index in [1.54, 1.807) is 0 Å². The van der Waals surface area contributed by atoms with E-state index in [0.717, 1.165) is 49.9 Å². The van der Waals surface area contributed by atoms with Crippen LogP contribution in [-0.4, -0.2) is 28.6 Å². The highest BCUT2D eigenvalue weighted by molar-refractivity contribution is 7.09. The summed E-state index contributed by atoms with van der Waals surface area (Å²) in [5.74, 6) is 1.65. The molecule has 1 fully saturated rings. The first-order chi connectivity index (χ1) is 8.33. The number of hydrogen-bond donors (Lipinski definition) is 1. The smallest absolute Gasteiger partial charge is 0.202 e. The Morgan fingerprint density at radius 3 is 2.76 bits per heavy atom. The van der Waals surface area contributed by atoms with E-state index in [1.807, 2.05) is 0 Å². The number of nitrogens with one attached hydrogen (secondary N) is 1. The van der Waals surface area contributed by atoms with Crippen molar-refractivity contribution in [3.63, 3.8) is 0 Å². The summed E-state index contributed by atoms with van der Waals surface area (Å²) in [4.78, 5) is 4.48. The van der Waals surface area contributed by atoms with E-state index in [9.17, 15) is 0 Å². The van der Waals surface area contributed by atoms with Gasteiger partial charge in [0.25, 0.3) is 0 Å². The zero-order chi connectivity index (χ0) is 12.1. The van der Waals surface area contributed by atoms with Gasteiger partial charge in [-0.05, 0) is 25.2 Å². The fraction of sp³-hybridized carbons (Fsp3) is 0.833. The molecule has 1 aromatic heterocycles. The van der Waals surface area contributed by atoms with Gasteiger partial charge in [0.05, 0.1) is 0 Å². The first-order valence-electron chi connectivity index (χ1n) is 6.50. The zero-order valence-electron chi connectivity index (χ0n) is 10.6. The number of aromatic nitrogens is 2. The van der Waals surface area contributed by atoms with E-state index in [2.05, 4.69) is 28.5 Å². The van der Waals surface area contributed by atoms with Crippen molar-refractivity contribution in [2.24, 2.45) is 5.92 Å². The summed E-state index contributed by atoms with van der Waals surface area (Å²) >= 11 is 1.48. The van der Waals surface area contributed by atoms with Crippen LogP contribution in [0.4, 0.5) is 5.13 Å². The normalized spacial score (nSPS) is 19.2. The minimum Gasteiger partial charge on any atom is -0.381 e. The van der Waals surface area contributed by atoms with Crippen LogP contribution >= 0.6 is 11.5 Å². The summed E-state index contributed by atoms with van der Waals surface area (Å²) in [6.07, 6.45) is 4.35. The highest BCUT2D eigenvalue weighted by Crippen LogP contribution is 2.24. The van der Waals surface area contributed by atoms with Crippen LogP contribution < -0.4 is 5.32 Å². The molecule has 0 amide bonds. The molecule has 0 bridgehead atoms. The molecule has 96 valence electrons. The largest absolute Gasteiger partial charge is 0.381 e. The Morgan fingerprint density at radius 2 is 2.18 bits per heavy atom. The van der Waals surface area contributed by atoms with E-state index < -0.39 is 0 Å². The Hall–Kier alpha value is -0.680. The lowest BCUT2D eigenvalue weighted by atomic mass is 9.90. The van der Waals surface area contributed by atoms with Crippen LogP contribution in [-0.2, 0) is 11.2 Å². The SMILES string of the molecule is CCc1nsc(N[C@@H](CC)C2CCOCC2)n1. The van der Waals surface area contributed by atoms with Crippen molar-refractivity contribution in [1.29, 1.82) is 0 Å². The predicted octanol–water partition coefficient (Wildman–Crippen LogP) is 2.72. The standard InChI is InChI=1S/C12H21N3OS/c1-3-10(9-5-7-16-8-6-9)13-12-14-11(4-2)15-17-12/h9-10H,3-8H2,1-2H3,(H,13,14,15)/t10-/m0/s1. The van der Waals surface area contributed by atoms with Crippen molar-refractivity contribution in [2.45, 2.75) is 45.6 Å². The second-order valence-electron chi connectivity index (χ2n) is 4.48. The van der Waals surface area contributed by atoms with Gasteiger partial charge < -0.3 is 10.1 Å². The molecule has 1 aromatic rings. The lowest BCUT2D eigenvalue weighted by Gasteiger charge is -2.30. The molecule has 0 unspecified atom stereocenters. The molecule has 1 atom stereocenters. The Labute approximate surface area is 107 Å². The molecule has 1 N–H and O–H groups in total. The molecular weight excluding hydrogens is 234 g/mol. The van der Waals surface area contributed by atoms with Crippen molar-refractivity contribution in [2.75, 3.05) is 18.5 Å². The molecule has 2 rings (SSSR count). The first-order valence-corrected chi connectivity index (χ1v) is 7.27. The third-order valence-corrected chi connectivity index (χ3v) is 4.05. The molecule has 0 aliphatic carbocycles. The lowest BCUT2D eigenvalue weighted by Crippen LogP contribution is -2.32. The average Bonchev–Trinajstić information content (AvgIpc) is 2.84. The molecule has 0 saturated carbocycles. The van der Waals surface area contributed by atoms with Gasteiger partial charge in [0.2, 0.25) is 5.13 Å². The van der Waals surface area contributed by atoms with Crippen LogP contribution in [0.3, 0.4) is 0 Å². The fourth-order valence-corrected chi connectivity index (χ4v) is 3.00. The van der Waals surface area contributed by atoms with Gasteiger partial charge in [-0.3, -0.25) is 0 Å².